The van der Waals surface area contributed by atoms with Crippen molar-refractivity contribution in [3.05, 3.63) is 63.1 Å². The summed E-state index contributed by atoms with van der Waals surface area (Å²) in [4.78, 5) is 25.5. The predicted molar refractivity (Wildman–Crippen MR) is 86.5 cm³/mol. The molecule has 112 valence electrons. The van der Waals surface area contributed by atoms with Crippen LogP contribution in [0.4, 0.5) is 0 Å². The highest BCUT2D eigenvalue weighted by Crippen LogP contribution is 2.28. The van der Waals surface area contributed by atoms with E-state index in [0.717, 1.165) is 4.47 Å². The molecule has 0 radical (unpaired) electrons. The van der Waals surface area contributed by atoms with Crippen molar-refractivity contribution in [3.8, 4) is 5.75 Å². The molecule has 6 heteroatoms. The van der Waals surface area contributed by atoms with Crippen LogP contribution < -0.4 is 4.74 Å². The molecule has 1 aliphatic heterocycles. The van der Waals surface area contributed by atoms with Crippen LogP contribution in [0.5, 0.6) is 5.75 Å². The molecule has 1 heterocycles. The number of hydrogen-bond donors (Lipinski definition) is 0. The van der Waals surface area contributed by atoms with Crippen LogP contribution in [0.15, 0.2) is 46.9 Å². The first-order valence-electron chi connectivity index (χ1n) is 6.61. The summed E-state index contributed by atoms with van der Waals surface area (Å²) in [6.07, 6.45) is 0. The summed E-state index contributed by atoms with van der Waals surface area (Å²) in [6, 6.07) is 12.1. The topological polar surface area (TPSA) is 46.6 Å². The minimum absolute atomic E-state index is 0.179. The Morgan fingerprint density at radius 1 is 1.05 bits per heavy atom. The van der Waals surface area contributed by atoms with Gasteiger partial charge in [0.1, 0.15) is 12.4 Å². The summed E-state index contributed by atoms with van der Waals surface area (Å²) < 4.78 is 6.40. The van der Waals surface area contributed by atoms with E-state index in [0.29, 0.717) is 21.9 Å². The fourth-order valence-corrected chi connectivity index (χ4v) is 3.01. The van der Waals surface area contributed by atoms with Gasteiger partial charge in [-0.15, -0.1) is 0 Å². The maximum atomic E-state index is 12.2. The van der Waals surface area contributed by atoms with E-state index in [-0.39, 0.29) is 25.0 Å². The molecule has 2 aromatic rings. The summed E-state index contributed by atoms with van der Waals surface area (Å²) in [6.45, 7) is 0.367. The number of amides is 2. The minimum Gasteiger partial charge on any atom is -0.490 e. The normalized spacial score (nSPS) is 13.5. The number of benzene rings is 2. The average Bonchev–Trinajstić information content (AvgIpc) is 2.75. The highest BCUT2D eigenvalue weighted by atomic mass is 79.9. The number of rotatable bonds is 4. The smallest absolute Gasteiger partial charge is 0.261 e. The van der Waals surface area contributed by atoms with Crippen LogP contribution >= 0.6 is 27.5 Å². The Morgan fingerprint density at radius 2 is 1.68 bits per heavy atom. The van der Waals surface area contributed by atoms with Crippen molar-refractivity contribution in [1.29, 1.82) is 0 Å². The van der Waals surface area contributed by atoms with Crippen LogP contribution in [0.1, 0.15) is 20.7 Å². The Balaban J connectivity index is 1.66. The standard InChI is InChI=1S/C16H11BrClNO3/c17-10-5-6-14(13(18)9-10)22-8-7-19-15(20)11-3-1-2-4-12(11)16(19)21/h1-6,9H,7-8H2. The molecule has 0 saturated carbocycles. The molecule has 0 saturated heterocycles. The Morgan fingerprint density at radius 3 is 2.27 bits per heavy atom. The van der Waals surface area contributed by atoms with Crippen molar-refractivity contribution < 1.29 is 14.3 Å². The maximum absolute atomic E-state index is 12.2. The highest BCUT2D eigenvalue weighted by molar-refractivity contribution is 9.10. The molecular weight excluding hydrogens is 370 g/mol. The molecule has 0 bridgehead atoms. The van der Waals surface area contributed by atoms with Gasteiger partial charge in [-0.25, -0.2) is 0 Å². The van der Waals surface area contributed by atoms with Gasteiger partial charge in [-0.05, 0) is 30.3 Å². The first kappa shape index (κ1) is 15.1. The van der Waals surface area contributed by atoms with Gasteiger partial charge in [0.2, 0.25) is 0 Å². The largest absolute Gasteiger partial charge is 0.490 e. The zero-order chi connectivity index (χ0) is 15.7. The van der Waals surface area contributed by atoms with Gasteiger partial charge in [-0.1, -0.05) is 39.7 Å². The monoisotopic (exact) mass is 379 g/mol. The van der Waals surface area contributed by atoms with E-state index < -0.39 is 0 Å². The maximum Gasteiger partial charge on any atom is 0.261 e. The Hall–Kier alpha value is -1.85. The van der Waals surface area contributed by atoms with Crippen LogP contribution in [0.3, 0.4) is 0 Å². The summed E-state index contributed by atoms with van der Waals surface area (Å²) in [5.74, 6) is -0.0568. The molecule has 2 amide bonds. The molecule has 0 fully saturated rings. The first-order chi connectivity index (χ1) is 10.6. The number of carbonyl (C=O) groups is 2. The van der Waals surface area contributed by atoms with Crippen LogP contribution in [0.25, 0.3) is 0 Å². The second-order valence-corrected chi connectivity index (χ2v) is 6.05. The quantitative estimate of drug-likeness (QED) is 0.759. The van der Waals surface area contributed by atoms with Gasteiger partial charge in [0, 0.05) is 4.47 Å². The fraction of sp³-hybridized carbons (Fsp3) is 0.125. The Kier molecular flexibility index (Phi) is 4.18. The second kappa shape index (κ2) is 6.10. The molecule has 0 unspecified atom stereocenters. The van der Waals surface area contributed by atoms with Crippen LogP contribution in [-0.4, -0.2) is 29.9 Å². The van der Waals surface area contributed by atoms with Crippen LogP contribution in [0.2, 0.25) is 5.02 Å². The van der Waals surface area contributed by atoms with Gasteiger partial charge in [0.25, 0.3) is 11.8 Å². The SMILES string of the molecule is O=C1c2ccccc2C(=O)N1CCOc1ccc(Br)cc1Cl. The summed E-state index contributed by atoms with van der Waals surface area (Å²) >= 11 is 9.37. The van der Waals surface area contributed by atoms with E-state index in [1.165, 1.54) is 4.90 Å². The van der Waals surface area contributed by atoms with Gasteiger partial charge < -0.3 is 4.74 Å². The molecule has 1 aliphatic rings. The third-order valence-corrected chi connectivity index (χ3v) is 4.13. The average molecular weight is 381 g/mol. The van der Waals surface area contributed by atoms with E-state index >= 15 is 0 Å². The van der Waals surface area contributed by atoms with Crippen LogP contribution in [-0.2, 0) is 0 Å². The van der Waals surface area contributed by atoms with Gasteiger partial charge in [-0.3, -0.25) is 14.5 Å². The van der Waals surface area contributed by atoms with E-state index in [2.05, 4.69) is 15.9 Å². The zero-order valence-electron chi connectivity index (χ0n) is 11.4. The van der Waals surface area contributed by atoms with Gasteiger partial charge in [-0.2, -0.15) is 0 Å². The molecule has 2 aromatic carbocycles. The lowest BCUT2D eigenvalue weighted by Gasteiger charge is -2.15. The van der Waals surface area contributed by atoms with Gasteiger partial charge in [0.05, 0.1) is 22.7 Å². The van der Waals surface area contributed by atoms with Crippen molar-refractivity contribution in [1.82, 2.24) is 4.90 Å². The van der Waals surface area contributed by atoms with Gasteiger partial charge in [0.15, 0.2) is 0 Å². The number of halogens is 2. The predicted octanol–water partition coefficient (Wildman–Crippen LogP) is 3.78. The summed E-state index contributed by atoms with van der Waals surface area (Å²) in [7, 11) is 0. The van der Waals surface area contributed by atoms with Crippen molar-refractivity contribution in [2.24, 2.45) is 0 Å². The second-order valence-electron chi connectivity index (χ2n) is 4.73. The number of fused-ring (bicyclic) bond motifs is 1. The summed E-state index contributed by atoms with van der Waals surface area (Å²) in [5.41, 5.74) is 0.878. The number of ether oxygens (including phenoxy) is 1. The number of imide groups is 1. The number of carbonyl (C=O) groups excluding carboxylic acids is 2. The van der Waals surface area contributed by atoms with Gasteiger partial charge >= 0.3 is 0 Å². The highest BCUT2D eigenvalue weighted by Gasteiger charge is 2.34. The summed E-state index contributed by atoms with van der Waals surface area (Å²) in [5, 5.41) is 0.469. The van der Waals surface area contributed by atoms with Crippen molar-refractivity contribution >= 4 is 39.3 Å². The van der Waals surface area contributed by atoms with E-state index in [9.17, 15) is 9.59 Å². The number of hydrogen-bond acceptors (Lipinski definition) is 3. The van der Waals surface area contributed by atoms with Crippen molar-refractivity contribution in [3.63, 3.8) is 0 Å². The zero-order valence-corrected chi connectivity index (χ0v) is 13.7. The lowest BCUT2D eigenvalue weighted by molar-refractivity contribution is 0.0631. The molecular formula is C16H11BrClNO3. The fourth-order valence-electron chi connectivity index (χ4n) is 2.28. The minimum atomic E-state index is -0.286. The lowest BCUT2D eigenvalue weighted by Crippen LogP contribution is -2.33. The molecule has 4 nitrogen and oxygen atoms in total. The third-order valence-electron chi connectivity index (χ3n) is 3.34. The first-order valence-corrected chi connectivity index (χ1v) is 7.78. The molecule has 3 rings (SSSR count). The molecule has 0 spiro atoms. The van der Waals surface area contributed by atoms with Crippen LogP contribution in [0, 0.1) is 0 Å². The van der Waals surface area contributed by atoms with E-state index in [4.69, 9.17) is 16.3 Å². The third kappa shape index (κ3) is 2.74. The Bertz CT molecular complexity index is 728. The van der Waals surface area contributed by atoms with E-state index in [1.54, 1.807) is 36.4 Å². The van der Waals surface area contributed by atoms with E-state index in [1.807, 2.05) is 6.07 Å². The Labute approximate surface area is 140 Å². The van der Waals surface area contributed by atoms with Crippen molar-refractivity contribution in [2.75, 3.05) is 13.2 Å². The number of nitrogens with zero attached hydrogens (tertiary/aromatic N) is 1. The van der Waals surface area contributed by atoms with Crippen molar-refractivity contribution in [2.45, 2.75) is 0 Å². The molecule has 0 N–H and O–H groups in total. The molecule has 0 aromatic heterocycles. The molecule has 22 heavy (non-hydrogen) atoms. The molecule has 0 aliphatic carbocycles. The molecule has 0 atom stereocenters. The lowest BCUT2D eigenvalue weighted by atomic mass is 10.1.